The third-order valence-corrected chi connectivity index (χ3v) is 4.60. The number of aryl methyl sites for hydroxylation is 2. The average Bonchev–Trinajstić information content (AvgIpc) is 2.41. The second-order valence-corrected chi connectivity index (χ2v) is 7.67. The van der Waals surface area contributed by atoms with Gasteiger partial charge in [0.05, 0.1) is 0 Å². The fourth-order valence-corrected chi connectivity index (χ4v) is 3.06. The zero-order valence-corrected chi connectivity index (χ0v) is 14.5. The fourth-order valence-electron chi connectivity index (χ4n) is 2.01. The summed E-state index contributed by atoms with van der Waals surface area (Å²) in [7, 11) is 0. The molecule has 0 saturated heterocycles. The molecule has 1 nitrogen and oxygen atoms in total. The molecular formula is C19H25NS. The lowest BCUT2D eigenvalue weighted by Gasteiger charge is -2.21. The van der Waals surface area contributed by atoms with Crippen LogP contribution in [-0.2, 0) is 6.54 Å². The molecule has 0 bridgehead atoms. The van der Waals surface area contributed by atoms with Gasteiger partial charge < -0.3 is 5.32 Å². The van der Waals surface area contributed by atoms with Crippen LogP contribution < -0.4 is 5.32 Å². The molecule has 0 aliphatic heterocycles. The van der Waals surface area contributed by atoms with E-state index in [0.717, 1.165) is 6.54 Å². The highest BCUT2D eigenvalue weighted by atomic mass is 32.2. The quantitative estimate of drug-likeness (QED) is 0.817. The first-order valence-corrected chi connectivity index (χ1v) is 8.25. The topological polar surface area (TPSA) is 12.0 Å². The molecule has 1 N–H and O–H groups in total. The predicted octanol–water partition coefficient (Wildman–Crippen LogP) is 5.34. The molecule has 0 saturated carbocycles. The molecule has 2 aromatic rings. The molecule has 0 amide bonds. The summed E-state index contributed by atoms with van der Waals surface area (Å²) in [5.74, 6) is 0. The highest BCUT2D eigenvalue weighted by Gasteiger charge is 2.11. The van der Waals surface area contributed by atoms with Gasteiger partial charge in [-0.25, -0.2) is 0 Å². The minimum atomic E-state index is 0.137. The van der Waals surface area contributed by atoms with Crippen molar-refractivity contribution in [2.24, 2.45) is 0 Å². The van der Waals surface area contributed by atoms with E-state index in [1.807, 2.05) is 11.8 Å². The van der Waals surface area contributed by atoms with Crippen molar-refractivity contribution in [3.8, 4) is 0 Å². The van der Waals surface area contributed by atoms with E-state index in [2.05, 4.69) is 82.4 Å². The number of nitrogens with one attached hydrogen (secondary N) is 1. The Morgan fingerprint density at radius 3 is 2.33 bits per heavy atom. The standard InChI is InChI=1S/C19H25NS/c1-14-10-11-17(12-15(14)2)21-18-9-7-6-8-16(18)13-20-19(3,4)5/h6-12,20H,13H2,1-5H3. The summed E-state index contributed by atoms with van der Waals surface area (Å²) in [6.45, 7) is 11.8. The Bertz CT molecular complexity index is 611. The van der Waals surface area contributed by atoms with Gasteiger partial charge in [-0.1, -0.05) is 36.0 Å². The molecule has 112 valence electrons. The average molecular weight is 299 g/mol. The van der Waals surface area contributed by atoms with E-state index < -0.39 is 0 Å². The smallest absolute Gasteiger partial charge is 0.0221 e. The van der Waals surface area contributed by atoms with Gasteiger partial charge in [0, 0.05) is 21.9 Å². The van der Waals surface area contributed by atoms with Gasteiger partial charge in [0.2, 0.25) is 0 Å². The van der Waals surface area contributed by atoms with Gasteiger partial charge in [0.25, 0.3) is 0 Å². The summed E-state index contributed by atoms with van der Waals surface area (Å²) < 4.78 is 0. The van der Waals surface area contributed by atoms with Crippen molar-refractivity contribution >= 4 is 11.8 Å². The van der Waals surface area contributed by atoms with Crippen LogP contribution in [0.2, 0.25) is 0 Å². The molecule has 2 heteroatoms. The monoisotopic (exact) mass is 299 g/mol. The molecule has 0 radical (unpaired) electrons. The van der Waals surface area contributed by atoms with E-state index in [9.17, 15) is 0 Å². The third-order valence-electron chi connectivity index (χ3n) is 3.49. The van der Waals surface area contributed by atoms with Crippen LogP contribution in [0.25, 0.3) is 0 Å². The van der Waals surface area contributed by atoms with Crippen LogP contribution in [0.4, 0.5) is 0 Å². The van der Waals surface area contributed by atoms with Crippen LogP contribution in [-0.4, -0.2) is 5.54 Å². The normalized spacial score (nSPS) is 11.7. The van der Waals surface area contributed by atoms with Gasteiger partial charge in [-0.15, -0.1) is 0 Å². The van der Waals surface area contributed by atoms with Gasteiger partial charge in [-0.2, -0.15) is 0 Å². The predicted molar refractivity (Wildman–Crippen MR) is 93.1 cm³/mol. The first kappa shape index (κ1) is 16.1. The van der Waals surface area contributed by atoms with Crippen molar-refractivity contribution in [1.82, 2.24) is 5.32 Å². The molecular weight excluding hydrogens is 274 g/mol. The van der Waals surface area contributed by atoms with Crippen molar-refractivity contribution in [2.45, 2.75) is 56.5 Å². The lowest BCUT2D eigenvalue weighted by Crippen LogP contribution is -2.35. The zero-order valence-electron chi connectivity index (χ0n) is 13.7. The first-order chi connectivity index (χ1) is 9.85. The molecule has 0 spiro atoms. The Balaban J connectivity index is 2.17. The molecule has 2 aromatic carbocycles. The van der Waals surface area contributed by atoms with E-state index in [1.165, 1.54) is 26.5 Å². The summed E-state index contributed by atoms with van der Waals surface area (Å²) in [6, 6.07) is 15.3. The van der Waals surface area contributed by atoms with Crippen LogP contribution in [0.15, 0.2) is 52.3 Å². The van der Waals surface area contributed by atoms with Crippen LogP contribution in [0, 0.1) is 13.8 Å². The van der Waals surface area contributed by atoms with E-state index in [1.54, 1.807) is 0 Å². The molecule has 0 aromatic heterocycles. The Morgan fingerprint density at radius 2 is 1.67 bits per heavy atom. The zero-order chi connectivity index (χ0) is 15.5. The number of hydrogen-bond donors (Lipinski definition) is 1. The minimum Gasteiger partial charge on any atom is -0.308 e. The summed E-state index contributed by atoms with van der Waals surface area (Å²) in [5.41, 5.74) is 4.20. The molecule has 0 heterocycles. The molecule has 0 aliphatic rings. The highest BCUT2D eigenvalue weighted by Crippen LogP contribution is 2.31. The molecule has 0 atom stereocenters. The SMILES string of the molecule is Cc1ccc(Sc2ccccc2CNC(C)(C)C)cc1C. The lowest BCUT2D eigenvalue weighted by atomic mass is 10.1. The molecule has 0 unspecified atom stereocenters. The maximum atomic E-state index is 3.57. The second kappa shape index (κ2) is 6.67. The van der Waals surface area contributed by atoms with Crippen molar-refractivity contribution < 1.29 is 0 Å². The molecule has 0 fully saturated rings. The summed E-state index contributed by atoms with van der Waals surface area (Å²) in [6.07, 6.45) is 0. The Labute approximate surface area is 133 Å². The third kappa shape index (κ3) is 4.90. The van der Waals surface area contributed by atoms with Gasteiger partial charge in [-0.3, -0.25) is 0 Å². The van der Waals surface area contributed by atoms with Crippen LogP contribution in [0.5, 0.6) is 0 Å². The second-order valence-electron chi connectivity index (χ2n) is 6.56. The van der Waals surface area contributed by atoms with Crippen LogP contribution in [0.3, 0.4) is 0 Å². The number of hydrogen-bond acceptors (Lipinski definition) is 2. The fraction of sp³-hybridized carbons (Fsp3) is 0.368. The van der Waals surface area contributed by atoms with Gasteiger partial charge in [-0.05, 0) is 69.5 Å². The van der Waals surface area contributed by atoms with E-state index in [-0.39, 0.29) is 5.54 Å². The minimum absolute atomic E-state index is 0.137. The summed E-state index contributed by atoms with van der Waals surface area (Å²) >= 11 is 1.85. The number of rotatable bonds is 4. The van der Waals surface area contributed by atoms with Crippen molar-refractivity contribution in [3.63, 3.8) is 0 Å². The van der Waals surface area contributed by atoms with Gasteiger partial charge in [0.15, 0.2) is 0 Å². The van der Waals surface area contributed by atoms with Crippen molar-refractivity contribution in [2.75, 3.05) is 0 Å². The number of benzene rings is 2. The van der Waals surface area contributed by atoms with Gasteiger partial charge in [0.1, 0.15) is 0 Å². The molecule has 0 aliphatic carbocycles. The maximum absolute atomic E-state index is 3.57. The lowest BCUT2D eigenvalue weighted by molar-refractivity contribution is 0.422. The maximum Gasteiger partial charge on any atom is 0.0221 e. The first-order valence-electron chi connectivity index (χ1n) is 7.43. The van der Waals surface area contributed by atoms with E-state index in [0.29, 0.717) is 0 Å². The Kier molecular flexibility index (Phi) is 5.13. The summed E-state index contributed by atoms with van der Waals surface area (Å²) in [4.78, 5) is 2.64. The molecule has 21 heavy (non-hydrogen) atoms. The van der Waals surface area contributed by atoms with E-state index >= 15 is 0 Å². The Hall–Kier alpha value is -1.25. The van der Waals surface area contributed by atoms with Crippen LogP contribution in [0.1, 0.15) is 37.5 Å². The van der Waals surface area contributed by atoms with Gasteiger partial charge >= 0.3 is 0 Å². The van der Waals surface area contributed by atoms with Crippen molar-refractivity contribution in [3.05, 3.63) is 59.2 Å². The molecule has 2 rings (SSSR count). The Morgan fingerprint density at radius 1 is 0.952 bits per heavy atom. The largest absolute Gasteiger partial charge is 0.308 e. The highest BCUT2D eigenvalue weighted by molar-refractivity contribution is 7.99. The van der Waals surface area contributed by atoms with E-state index in [4.69, 9.17) is 0 Å². The van der Waals surface area contributed by atoms with Crippen LogP contribution >= 0.6 is 11.8 Å². The van der Waals surface area contributed by atoms with Crippen molar-refractivity contribution in [1.29, 1.82) is 0 Å². The summed E-state index contributed by atoms with van der Waals surface area (Å²) in [5, 5.41) is 3.57.